The third-order valence-corrected chi connectivity index (χ3v) is 7.04. The second kappa shape index (κ2) is 9.77. The number of nitrogens with zero attached hydrogens (tertiary/aromatic N) is 5. The van der Waals surface area contributed by atoms with Gasteiger partial charge in [-0.15, -0.1) is 0 Å². The van der Waals surface area contributed by atoms with Crippen LogP contribution in [0.5, 0.6) is 5.75 Å². The summed E-state index contributed by atoms with van der Waals surface area (Å²) in [4.78, 5) is 7.17. The summed E-state index contributed by atoms with van der Waals surface area (Å²) >= 11 is 0. The molecule has 0 unspecified atom stereocenters. The Morgan fingerprint density at radius 1 is 1.11 bits per heavy atom. The molecule has 0 bridgehead atoms. The zero-order valence-corrected chi connectivity index (χ0v) is 20.2. The van der Waals surface area contributed by atoms with Gasteiger partial charge in [0.2, 0.25) is 0 Å². The van der Waals surface area contributed by atoms with Crippen molar-refractivity contribution in [1.29, 1.82) is 5.26 Å². The lowest BCUT2D eigenvalue weighted by atomic mass is 9.82. The van der Waals surface area contributed by atoms with Crippen molar-refractivity contribution in [2.75, 3.05) is 31.6 Å². The quantitative estimate of drug-likeness (QED) is 0.433. The summed E-state index contributed by atoms with van der Waals surface area (Å²) in [6.07, 6.45) is 8.43. The predicted molar refractivity (Wildman–Crippen MR) is 138 cm³/mol. The Bertz CT molecular complexity index is 1330. The zero-order chi connectivity index (χ0) is 24.3. The number of hydrogen-bond donors (Lipinski definition) is 1. The van der Waals surface area contributed by atoms with Crippen LogP contribution in [0, 0.1) is 11.3 Å². The van der Waals surface area contributed by atoms with Crippen molar-refractivity contribution in [3.05, 3.63) is 78.2 Å². The SMILES string of the molecule is CCOc1cc(-c2ccc(N3CCC(Cc4ccccc4)(NC)CC3)nc2)c2c(C#N)cnn2c1. The van der Waals surface area contributed by atoms with Gasteiger partial charge in [-0.2, -0.15) is 10.4 Å². The molecule has 0 spiro atoms. The molecule has 0 saturated carbocycles. The summed E-state index contributed by atoms with van der Waals surface area (Å²) in [7, 11) is 2.08. The first-order chi connectivity index (χ1) is 17.1. The van der Waals surface area contributed by atoms with Crippen LogP contribution in [0.1, 0.15) is 30.9 Å². The Kier molecular flexibility index (Phi) is 6.39. The van der Waals surface area contributed by atoms with Crippen LogP contribution in [-0.4, -0.2) is 46.9 Å². The number of pyridine rings is 2. The van der Waals surface area contributed by atoms with Crippen molar-refractivity contribution >= 4 is 11.3 Å². The molecule has 4 heterocycles. The minimum Gasteiger partial charge on any atom is -0.492 e. The molecule has 0 amide bonds. The predicted octanol–water partition coefficient (Wildman–Crippen LogP) is 4.47. The fraction of sp³-hybridized carbons (Fsp3) is 0.321. The van der Waals surface area contributed by atoms with E-state index >= 15 is 0 Å². The van der Waals surface area contributed by atoms with Gasteiger partial charge in [-0.3, -0.25) is 0 Å². The fourth-order valence-electron chi connectivity index (χ4n) is 5.04. The number of likely N-dealkylation sites (N-methyl/N-ethyl adjacent to an activating group) is 1. The molecular formula is C28H30N6O. The summed E-state index contributed by atoms with van der Waals surface area (Å²) in [6, 6.07) is 19.1. The van der Waals surface area contributed by atoms with Gasteiger partial charge in [0.1, 0.15) is 17.6 Å². The molecule has 1 aromatic carbocycles. The molecule has 0 aliphatic carbocycles. The largest absolute Gasteiger partial charge is 0.492 e. The standard InChI is InChI=1S/C28H30N6O/c1-3-35-24-15-25(27-23(17-29)19-32-34(27)20-24)22-9-10-26(31-18-22)33-13-11-28(30-2,12-14-33)16-21-7-5-4-6-8-21/h4-10,15,18-20,30H,3,11-14,16H2,1-2H3. The van der Waals surface area contributed by atoms with Gasteiger partial charge in [-0.1, -0.05) is 30.3 Å². The molecule has 0 radical (unpaired) electrons. The van der Waals surface area contributed by atoms with Crippen molar-refractivity contribution in [2.45, 2.75) is 31.7 Å². The van der Waals surface area contributed by atoms with E-state index in [9.17, 15) is 5.26 Å². The lowest BCUT2D eigenvalue weighted by Crippen LogP contribution is -2.53. The number of anilines is 1. The summed E-state index contributed by atoms with van der Waals surface area (Å²) in [6.45, 7) is 4.41. The van der Waals surface area contributed by atoms with Gasteiger partial charge in [0.05, 0.1) is 30.1 Å². The highest BCUT2D eigenvalue weighted by Gasteiger charge is 2.33. The molecule has 1 aliphatic rings. The van der Waals surface area contributed by atoms with Crippen LogP contribution >= 0.6 is 0 Å². The van der Waals surface area contributed by atoms with E-state index in [0.717, 1.165) is 54.8 Å². The Balaban J connectivity index is 1.36. The second-order valence-corrected chi connectivity index (χ2v) is 9.07. The topological polar surface area (TPSA) is 78.5 Å². The highest BCUT2D eigenvalue weighted by molar-refractivity contribution is 5.85. The van der Waals surface area contributed by atoms with Crippen LogP contribution in [0.4, 0.5) is 5.82 Å². The Labute approximate surface area is 206 Å². The summed E-state index contributed by atoms with van der Waals surface area (Å²) in [5.41, 5.74) is 4.60. The van der Waals surface area contributed by atoms with Gasteiger partial charge in [-0.05, 0) is 57.0 Å². The summed E-state index contributed by atoms with van der Waals surface area (Å²) in [5, 5.41) is 17.5. The van der Waals surface area contributed by atoms with Crippen LogP contribution in [0.3, 0.4) is 0 Å². The maximum atomic E-state index is 9.58. The van der Waals surface area contributed by atoms with E-state index in [1.807, 2.05) is 25.4 Å². The Hall–Kier alpha value is -3.89. The van der Waals surface area contributed by atoms with E-state index in [0.29, 0.717) is 17.9 Å². The molecule has 0 atom stereocenters. The fourth-order valence-corrected chi connectivity index (χ4v) is 5.04. The van der Waals surface area contributed by atoms with Gasteiger partial charge < -0.3 is 15.0 Å². The number of benzene rings is 1. The van der Waals surface area contributed by atoms with Crippen LogP contribution in [0.25, 0.3) is 16.6 Å². The summed E-state index contributed by atoms with van der Waals surface area (Å²) in [5.74, 6) is 1.69. The van der Waals surface area contributed by atoms with E-state index in [2.05, 4.69) is 70.9 Å². The maximum Gasteiger partial charge on any atom is 0.138 e. The first-order valence-corrected chi connectivity index (χ1v) is 12.1. The first-order valence-electron chi connectivity index (χ1n) is 12.1. The monoisotopic (exact) mass is 466 g/mol. The van der Waals surface area contributed by atoms with Crippen LogP contribution in [-0.2, 0) is 6.42 Å². The minimum absolute atomic E-state index is 0.110. The number of fused-ring (bicyclic) bond motifs is 1. The van der Waals surface area contributed by atoms with E-state index in [1.54, 1.807) is 10.7 Å². The van der Waals surface area contributed by atoms with E-state index in [4.69, 9.17) is 9.72 Å². The minimum atomic E-state index is 0.110. The van der Waals surface area contributed by atoms with Gasteiger partial charge in [0, 0.05) is 36.0 Å². The number of nitriles is 1. The maximum absolute atomic E-state index is 9.58. The number of nitrogens with one attached hydrogen (secondary N) is 1. The third kappa shape index (κ3) is 4.58. The molecule has 1 fully saturated rings. The Morgan fingerprint density at radius 3 is 2.57 bits per heavy atom. The molecule has 7 nitrogen and oxygen atoms in total. The van der Waals surface area contributed by atoms with E-state index < -0.39 is 0 Å². The molecule has 178 valence electrons. The van der Waals surface area contributed by atoms with Crippen molar-refractivity contribution in [1.82, 2.24) is 19.9 Å². The summed E-state index contributed by atoms with van der Waals surface area (Å²) < 4.78 is 7.44. The second-order valence-electron chi connectivity index (χ2n) is 9.07. The smallest absolute Gasteiger partial charge is 0.138 e. The van der Waals surface area contributed by atoms with Crippen molar-refractivity contribution in [2.24, 2.45) is 0 Å². The number of piperidine rings is 1. The molecule has 5 rings (SSSR count). The average molecular weight is 467 g/mol. The molecule has 35 heavy (non-hydrogen) atoms. The van der Waals surface area contributed by atoms with Gasteiger partial charge >= 0.3 is 0 Å². The van der Waals surface area contributed by atoms with Gasteiger partial charge in [0.25, 0.3) is 0 Å². The zero-order valence-electron chi connectivity index (χ0n) is 20.2. The number of aromatic nitrogens is 3. The van der Waals surface area contributed by atoms with Crippen molar-refractivity contribution in [3.63, 3.8) is 0 Å². The van der Waals surface area contributed by atoms with Crippen molar-refractivity contribution < 1.29 is 4.74 Å². The van der Waals surface area contributed by atoms with E-state index in [-0.39, 0.29) is 5.54 Å². The number of hydrogen-bond acceptors (Lipinski definition) is 6. The van der Waals surface area contributed by atoms with E-state index in [1.165, 1.54) is 5.56 Å². The highest BCUT2D eigenvalue weighted by atomic mass is 16.5. The molecular weight excluding hydrogens is 436 g/mol. The molecule has 3 aromatic heterocycles. The molecule has 1 saturated heterocycles. The lowest BCUT2D eigenvalue weighted by molar-refractivity contribution is 0.274. The average Bonchev–Trinajstić information content (AvgIpc) is 3.33. The normalized spacial score (nSPS) is 15.2. The van der Waals surface area contributed by atoms with Gasteiger partial charge in [0.15, 0.2) is 0 Å². The molecule has 1 N–H and O–H groups in total. The molecule has 7 heteroatoms. The first kappa shape index (κ1) is 22.9. The number of ether oxygens (including phenoxy) is 1. The van der Waals surface area contributed by atoms with Gasteiger partial charge in [-0.25, -0.2) is 9.50 Å². The molecule has 1 aliphatic heterocycles. The highest BCUT2D eigenvalue weighted by Crippen LogP contribution is 2.33. The van der Waals surface area contributed by atoms with Crippen LogP contribution in [0.15, 0.2) is 67.1 Å². The van der Waals surface area contributed by atoms with Crippen molar-refractivity contribution in [3.8, 4) is 22.9 Å². The third-order valence-electron chi connectivity index (χ3n) is 7.04. The van der Waals surface area contributed by atoms with Crippen LogP contribution in [0.2, 0.25) is 0 Å². The number of rotatable bonds is 7. The Morgan fingerprint density at radius 2 is 1.91 bits per heavy atom. The molecule has 4 aromatic rings. The van der Waals surface area contributed by atoms with Crippen LogP contribution < -0.4 is 15.0 Å². The lowest BCUT2D eigenvalue weighted by Gasteiger charge is -2.42.